The number of nitrogens with one attached hydrogen (secondary N) is 1. The Kier molecular flexibility index (Phi) is 4.98. The highest BCUT2D eigenvalue weighted by Gasteiger charge is 2.17. The van der Waals surface area contributed by atoms with E-state index >= 15 is 0 Å². The van der Waals surface area contributed by atoms with Gasteiger partial charge < -0.3 is 10.1 Å². The predicted molar refractivity (Wildman–Crippen MR) is 71.5 cm³/mol. The van der Waals surface area contributed by atoms with Crippen LogP contribution in [0.4, 0.5) is 4.39 Å². The first-order valence-corrected chi connectivity index (χ1v) is 6.77. The van der Waals surface area contributed by atoms with E-state index in [0.29, 0.717) is 28.6 Å². The van der Waals surface area contributed by atoms with Crippen molar-refractivity contribution in [2.75, 3.05) is 13.7 Å². The number of methoxy groups -OCH3 is 1. The van der Waals surface area contributed by atoms with E-state index in [-0.39, 0.29) is 12.4 Å². The molecule has 1 aromatic carbocycles. The molecule has 1 heterocycles. The average molecular weight is 272 g/mol. The summed E-state index contributed by atoms with van der Waals surface area (Å²) >= 11 is 6.03. The zero-order valence-corrected chi connectivity index (χ0v) is 11.4. The van der Waals surface area contributed by atoms with Crippen LogP contribution in [0, 0.1) is 5.82 Å². The zero-order valence-electron chi connectivity index (χ0n) is 10.6. The van der Waals surface area contributed by atoms with Gasteiger partial charge in [-0.1, -0.05) is 18.0 Å². The number of halogens is 2. The molecule has 1 N–H and O–H groups in total. The maximum absolute atomic E-state index is 14.2. The molecule has 4 heteroatoms. The molecular weight excluding hydrogens is 253 g/mol. The van der Waals surface area contributed by atoms with Crippen LogP contribution in [0.15, 0.2) is 12.1 Å². The maximum atomic E-state index is 14.2. The largest absolute Gasteiger partial charge is 0.380 e. The third kappa shape index (κ3) is 3.44. The van der Waals surface area contributed by atoms with Gasteiger partial charge in [-0.3, -0.25) is 0 Å². The quantitative estimate of drug-likeness (QED) is 0.907. The van der Waals surface area contributed by atoms with E-state index < -0.39 is 0 Å². The van der Waals surface area contributed by atoms with Crippen LogP contribution >= 0.6 is 11.6 Å². The molecule has 0 spiro atoms. The van der Waals surface area contributed by atoms with Gasteiger partial charge in [-0.2, -0.15) is 0 Å². The molecule has 18 heavy (non-hydrogen) atoms. The fourth-order valence-corrected chi connectivity index (χ4v) is 2.74. The Morgan fingerprint density at radius 2 is 2.17 bits per heavy atom. The lowest BCUT2D eigenvalue weighted by Crippen LogP contribution is -2.35. The number of piperidine rings is 1. The number of ether oxygens (including phenoxy) is 1. The summed E-state index contributed by atoms with van der Waals surface area (Å²) in [5.74, 6) is -0.173. The fraction of sp³-hybridized carbons (Fsp3) is 0.571. The molecule has 100 valence electrons. The molecular formula is C14H19ClFNO. The van der Waals surface area contributed by atoms with E-state index in [1.807, 2.05) is 0 Å². The molecule has 2 rings (SSSR count). The molecule has 0 aliphatic carbocycles. The van der Waals surface area contributed by atoms with Gasteiger partial charge in [0.05, 0.1) is 6.61 Å². The number of hydrogen-bond donors (Lipinski definition) is 1. The number of hydrogen-bond acceptors (Lipinski definition) is 2. The second kappa shape index (κ2) is 6.50. The molecule has 1 saturated heterocycles. The molecule has 1 aliphatic rings. The van der Waals surface area contributed by atoms with Crippen LogP contribution in [-0.2, 0) is 17.8 Å². The Morgan fingerprint density at radius 3 is 2.83 bits per heavy atom. The summed E-state index contributed by atoms with van der Waals surface area (Å²) in [6.07, 6.45) is 4.23. The van der Waals surface area contributed by atoms with Crippen LogP contribution in [0.1, 0.15) is 30.4 Å². The normalized spacial score (nSPS) is 20.1. The van der Waals surface area contributed by atoms with Crippen LogP contribution in [0.5, 0.6) is 0 Å². The van der Waals surface area contributed by atoms with Crippen LogP contribution in [-0.4, -0.2) is 19.7 Å². The monoisotopic (exact) mass is 271 g/mol. The third-order valence-corrected chi connectivity index (χ3v) is 3.58. The van der Waals surface area contributed by atoms with Crippen molar-refractivity contribution in [2.45, 2.75) is 38.3 Å². The summed E-state index contributed by atoms with van der Waals surface area (Å²) in [5, 5.41) is 4.00. The van der Waals surface area contributed by atoms with Gasteiger partial charge in [-0.25, -0.2) is 4.39 Å². The molecule has 1 fully saturated rings. The van der Waals surface area contributed by atoms with Gasteiger partial charge in [0, 0.05) is 23.7 Å². The zero-order chi connectivity index (χ0) is 13.0. The van der Waals surface area contributed by atoms with E-state index in [1.54, 1.807) is 19.2 Å². The van der Waals surface area contributed by atoms with Gasteiger partial charge in [0.15, 0.2) is 0 Å². The minimum absolute atomic E-state index is 0.173. The summed E-state index contributed by atoms with van der Waals surface area (Å²) < 4.78 is 19.2. The first-order valence-electron chi connectivity index (χ1n) is 6.40. The number of rotatable bonds is 4. The molecule has 2 nitrogen and oxygen atoms in total. The summed E-state index contributed by atoms with van der Waals surface area (Å²) in [7, 11) is 1.56. The van der Waals surface area contributed by atoms with Crippen molar-refractivity contribution in [2.24, 2.45) is 0 Å². The topological polar surface area (TPSA) is 21.3 Å². The van der Waals surface area contributed by atoms with Crippen molar-refractivity contribution in [3.05, 3.63) is 34.1 Å². The highest BCUT2D eigenvalue weighted by Crippen LogP contribution is 2.23. The maximum Gasteiger partial charge on any atom is 0.132 e. The fourth-order valence-electron chi connectivity index (χ4n) is 2.48. The van der Waals surface area contributed by atoms with Crippen molar-refractivity contribution in [3.63, 3.8) is 0 Å². The minimum Gasteiger partial charge on any atom is -0.380 e. The first-order chi connectivity index (χ1) is 8.70. The van der Waals surface area contributed by atoms with Crippen molar-refractivity contribution >= 4 is 11.6 Å². The van der Waals surface area contributed by atoms with Crippen molar-refractivity contribution in [1.82, 2.24) is 5.32 Å². The van der Waals surface area contributed by atoms with E-state index in [4.69, 9.17) is 16.3 Å². The molecule has 1 aromatic rings. The molecule has 0 saturated carbocycles. The Morgan fingerprint density at radius 1 is 1.39 bits per heavy atom. The SMILES string of the molecule is COCc1cc(Cl)cc(CC2CCCCN2)c1F. The summed E-state index contributed by atoms with van der Waals surface area (Å²) in [4.78, 5) is 0. The Bertz CT molecular complexity index is 405. The smallest absolute Gasteiger partial charge is 0.132 e. The molecule has 0 bridgehead atoms. The Hall–Kier alpha value is -0.640. The lowest BCUT2D eigenvalue weighted by molar-refractivity contribution is 0.181. The van der Waals surface area contributed by atoms with Gasteiger partial charge in [-0.15, -0.1) is 0 Å². The molecule has 1 unspecified atom stereocenters. The molecule has 1 aliphatic heterocycles. The van der Waals surface area contributed by atoms with E-state index in [9.17, 15) is 4.39 Å². The second-order valence-electron chi connectivity index (χ2n) is 4.82. The molecule has 0 radical (unpaired) electrons. The first kappa shape index (κ1) is 13.8. The van der Waals surface area contributed by atoms with Crippen molar-refractivity contribution in [3.8, 4) is 0 Å². The highest BCUT2D eigenvalue weighted by atomic mass is 35.5. The molecule has 0 amide bonds. The molecule has 1 atom stereocenters. The summed E-state index contributed by atoms with van der Waals surface area (Å²) in [6, 6.07) is 3.73. The van der Waals surface area contributed by atoms with Crippen molar-refractivity contribution < 1.29 is 9.13 Å². The predicted octanol–water partition coefficient (Wildman–Crippen LogP) is 3.31. The standard InChI is InChI=1S/C14H19ClFNO/c1-18-9-11-7-12(15)6-10(14(11)16)8-13-4-2-3-5-17-13/h6-7,13,17H,2-5,8-9H2,1H3. The van der Waals surface area contributed by atoms with Gasteiger partial charge in [0.2, 0.25) is 0 Å². The van der Waals surface area contributed by atoms with E-state index in [2.05, 4.69) is 5.32 Å². The Labute approximate surface area is 112 Å². The van der Waals surface area contributed by atoms with E-state index in [0.717, 1.165) is 13.0 Å². The van der Waals surface area contributed by atoms with Gasteiger partial charge in [-0.05, 0) is 43.5 Å². The summed E-state index contributed by atoms with van der Waals surface area (Å²) in [6.45, 7) is 1.29. The highest BCUT2D eigenvalue weighted by molar-refractivity contribution is 6.30. The average Bonchev–Trinajstić information content (AvgIpc) is 2.36. The lowest BCUT2D eigenvalue weighted by atomic mass is 9.96. The third-order valence-electron chi connectivity index (χ3n) is 3.37. The summed E-state index contributed by atoms with van der Waals surface area (Å²) in [5.41, 5.74) is 1.23. The number of benzene rings is 1. The Balaban J connectivity index is 2.15. The lowest BCUT2D eigenvalue weighted by Gasteiger charge is -2.24. The van der Waals surface area contributed by atoms with Crippen LogP contribution in [0.3, 0.4) is 0 Å². The van der Waals surface area contributed by atoms with Gasteiger partial charge >= 0.3 is 0 Å². The van der Waals surface area contributed by atoms with Crippen LogP contribution in [0.25, 0.3) is 0 Å². The van der Waals surface area contributed by atoms with Crippen molar-refractivity contribution in [1.29, 1.82) is 0 Å². The van der Waals surface area contributed by atoms with Crippen LogP contribution in [0.2, 0.25) is 5.02 Å². The molecule has 0 aromatic heterocycles. The van der Waals surface area contributed by atoms with E-state index in [1.165, 1.54) is 12.8 Å². The second-order valence-corrected chi connectivity index (χ2v) is 5.26. The van der Waals surface area contributed by atoms with Gasteiger partial charge in [0.25, 0.3) is 0 Å². The minimum atomic E-state index is -0.173. The van der Waals surface area contributed by atoms with Crippen LogP contribution < -0.4 is 5.32 Å². The van der Waals surface area contributed by atoms with Gasteiger partial charge in [0.1, 0.15) is 5.82 Å².